The number of amides is 1. The van der Waals surface area contributed by atoms with E-state index in [1.54, 1.807) is 4.90 Å². The first-order valence-electron chi connectivity index (χ1n) is 5.44. The van der Waals surface area contributed by atoms with Crippen molar-refractivity contribution in [2.75, 3.05) is 13.1 Å². The number of carbonyl (C=O) groups excluding carboxylic acids is 1. The van der Waals surface area contributed by atoms with E-state index < -0.39 is 5.60 Å². The summed E-state index contributed by atoms with van der Waals surface area (Å²) < 4.78 is 5.32. The Bertz CT molecular complexity index is 255. The lowest BCUT2D eigenvalue weighted by Crippen LogP contribution is -2.35. The number of carbonyl (C=O) groups is 1. The summed E-state index contributed by atoms with van der Waals surface area (Å²) in [6.07, 6.45) is 1.72. The molecule has 1 amide bonds. The third-order valence-electron chi connectivity index (χ3n) is 2.62. The smallest absolute Gasteiger partial charge is 0.410 e. The van der Waals surface area contributed by atoms with Gasteiger partial charge in [-0.1, -0.05) is 13.0 Å². The number of ether oxygens (including phenoxy) is 1. The van der Waals surface area contributed by atoms with E-state index in [0.717, 1.165) is 13.1 Å². The third kappa shape index (κ3) is 3.26. The first-order chi connectivity index (χ1) is 6.83. The van der Waals surface area contributed by atoms with Crippen molar-refractivity contribution in [3.05, 3.63) is 12.7 Å². The molecule has 15 heavy (non-hydrogen) atoms. The molecule has 86 valence electrons. The maximum Gasteiger partial charge on any atom is 0.410 e. The molecule has 2 atom stereocenters. The van der Waals surface area contributed by atoms with Gasteiger partial charge in [-0.05, 0) is 32.6 Å². The van der Waals surface area contributed by atoms with Gasteiger partial charge < -0.3 is 9.64 Å². The largest absolute Gasteiger partial charge is 0.444 e. The van der Waals surface area contributed by atoms with E-state index in [4.69, 9.17) is 4.74 Å². The minimum Gasteiger partial charge on any atom is -0.444 e. The van der Waals surface area contributed by atoms with Crippen LogP contribution in [-0.4, -0.2) is 29.7 Å². The SMILES string of the molecule is C=C[C@@H]1CN(C(=O)OC(C)(C)C)C[C@H]1C. The van der Waals surface area contributed by atoms with Gasteiger partial charge in [0, 0.05) is 13.1 Å². The van der Waals surface area contributed by atoms with Crippen LogP contribution in [0.4, 0.5) is 4.79 Å². The molecule has 1 saturated heterocycles. The Labute approximate surface area is 92.1 Å². The molecular formula is C12H21NO2. The van der Waals surface area contributed by atoms with Gasteiger partial charge in [0.1, 0.15) is 5.60 Å². The zero-order valence-corrected chi connectivity index (χ0v) is 10.1. The second-order valence-corrected chi connectivity index (χ2v) is 5.26. The molecule has 0 aromatic rings. The molecule has 0 aromatic carbocycles. The lowest BCUT2D eigenvalue weighted by atomic mass is 9.99. The van der Waals surface area contributed by atoms with Gasteiger partial charge in [-0.3, -0.25) is 0 Å². The summed E-state index contributed by atoms with van der Waals surface area (Å²) >= 11 is 0. The Kier molecular flexibility index (Phi) is 3.42. The monoisotopic (exact) mass is 211 g/mol. The number of likely N-dealkylation sites (tertiary alicyclic amines) is 1. The normalized spacial score (nSPS) is 26.5. The predicted octanol–water partition coefficient (Wildman–Crippen LogP) is 2.68. The standard InChI is InChI=1S/C12H21NO2/c1-6-10-8-13(7-9(10)2)11(14)15-12(3,4)5/h6,9-10H,1,7-8H2,2-5H3/t9-,10-/m1/s1. The first kappa shape index (κ1) is 12.1. The van der Waals surface area contributed by atoms with Crippen LogP contribution in [0.5, 0.6) is 0 Å². The van der Waals surface area contributed by atoms with Crippen molar-refractivity contribution in [1.82, 2.24) is 4.90 Å². The van der Waals surface area contributed by atoms with Gasteiger partial charge in [0.05, 0.1) is 0 Å². The highest BCUT2D eigenvalue weighted by Crippen LogP contribution is 2.25. The fourth-order valence-electron chi connectivity index (χ4n) is 1.77. The van der Waals surface area contributed by atoms with E-state index in [2.05, 4.69) is 13.5 Å². The summed E-state index contributed by atoms with van der Waals surface area (Å²) in [4.78, 5) is 13.5. The Morgan fingerprint density at radius 1 is 1.47 bits per heavy atom. The highest BCUT2D eigenvalue weighted by molar-refractivity contribution is 5.68. The lowest BCUT2D eigenvalue weighted by Gasteiger charge is -2.24. The molecule has 1 aliphatic rings. The minimum absolute atomic E-state index is 0.210. The van der Waals surface area contributed by atoms with E-state index in [1.165, 1.54) is 0 Å². The van der Waals surface area contributed by atoms with E-state index in [-0.39, 0.29) is 6.09 Å². The van der Waals surface area contributed by atoms with Crippen LogP contribution in [-0.2, 0) is 4.74 Å². The van der Waals surface area contributed by atoms with Crippen molar-refractivity contribution in [1.29, 1.82) is 0 Å². The Balaban J connectivity index is 2.53. The molecule has 1 rings (SSSR count). The summed E-state index contributed by atoms with van der Waals surface area (Å²) in [7, 11) is 0. The van der Waals surface area contributed by atoms with Gasteiger partial charge in [0.2, 0.25) is 0 Å². The molecule has 1 heterocycles. The zero-order chi connectivity index (χ0) is 11.6. The fourth-order valence-corrected chi connectivity index (χ4v) is 1.77. The van der Waals surface area contributed by atoms with Crippen molar-refractivity contribution in [3.8, 4) is 0 Å². The third-order valence-corrected chi connectivity index (χ3v) is 2.62. The number of rotatable bonds is 1. The average molecular weight is 211 g/mol. The predicted molar refractivity (Wildman–Crippen MR) is 60.7 cm³/mol. The molecule has 0 spiro atoms. The van der Waals surface area contributed by atoms with Gasteiger partial charge in [-0.25, -0.2) is 4.79 Å². The molecule has 3 heteroatoms. The maximum absolute atomic E-state index is 11.7. The van der Waals surface area contributed by atoms with Crippen molar-refractivity contribution in [2.45, 2.75) is 33.3 Å². The van der Waals surface area contributed by atoms with Gasteiger partial charge in [-0.2, -0.15) is 0 Å². The summed E-state index contributed by atoms with van der Waals surface area (Å²) in [5.41, 5.74) is -0.410. The van der Waals surface area contributed by atoms with Crippen LogP contribution in [0.3, 0.4) is 0 Å². The Hall–Kier alpha value is -0.990. The maximum atomic E-state index is 11.7. The molecule has 0 saturated carbocycles. The molecule has 0 unspecified atom stereocenters. The molecule has 1 fully saturated rings. The van der Waals surface area contributed by atoms with E-state index >= 15 is 0 Å². The van der Waals surface area contributed by atoms with Crippen LogP contribution in [0.1, 0.15) is 27.7 Å². The first-order valence-corrected chi connectivity index (χ1v) is 5.44. The highest BCUT2D eigenvalue weighted by atomic mass is 16.6. The van der Waals surface area contributed by atoms with Crippen LogP contribution in [0.2, 0.25) is 0 Å². The van der Waals surface area contributed by atoms with Crippen LogP contribution < -0.4 is 0 Å². The summed E-state index contributed by atoms with van der Waals surface area (Å²) in [5, 5.41) is 0. The van der Waals surface area contributed by atoms with Crippen molar-refractivity contribution in [3.63, 3.8) is 0 Å². The molecule has 1 aliphatic heterocycles. The van der Waals surface area contributed by atoms with Gasteiger partial charge in [0.25, 0.3) is 0 Å². The molecule has 0 aliphatic carbocycles. The second kappa shape index (κ2) is 4.25. The quantitative estimate of drug-likeness (QED) is 0.624. The van der Waals surface area contributed by atoms with E-state index in [1.807, 2.05) is 26.8 Å². The van der Waals surface area contributed by atoms with Crippen molar-refractivity contribution in [2.24, 2.45) is 11.8 Å². The van der Waals surface area contributed by atoms with Crippen molar-refractivity contribution >= 4 is 6.09 Å². The molecular weight excluding hydrogens is 190 g/mol. The topological polar surface area (TPSA) is 29.5 Å². The van der Waals surface area contributed by atoms with Crippen LogP contribution >= 0.6 is 0 Å². The molecule has 0 radical (unpaired) electrons. The molecule has 3 nitrogen and oxygen atoms in total. The van der Waals surface area contributed by atoms with Crippen LogP contribution in [0.25, 0.3) is 0 Å². The number of nitrogens with zero attached hydrogens (tertiary/aromatic N) is 1. The summed E-state index contributed by atoms with van der Waals surface area (Å²) in [5.74, 6) is 0.882. The number of hydrogen-bond donors (Lipinski definition) is 0. The molecule has 0 N–H and O–H groups in total. The Morgan fingerprint density at radius 2 is 2.07 bits per heavy atom. The van der Waals surface area contributed by atoms with Gasteiger partial charge >= 0.3 is 6.09 Å². The number of hydrogen-bond acceptors (Lipinski definition) is 2. The van der Waals surface area contributed by atoms with E-state index in [9.17, 15) is 4.79 Å². The average Bonchev–Trinajstić information content (AvgIpc) is 2.43. The Morgan fingerprint density at radius 3 is 2.47 bits per heavy atom. The second-order valence-electron chi connectivity index (χ2n) is 5.26. The summed E-state index contributed by atoms with van der Waals surface area (Å²) in [6, 6.07) is 0. The van der Waals surface area contributed by atoms with Gasteiger partial charge in [0.15, 0.2) is 0 Å². The van der Waals surface area contributed by atoms with Gasteiger partial charge in [-0.15, -0.1) is 6.58 Å². The van der Waals surface area contributed by atoms with Crippen LogP contribution in [0.15, 0.2) is 12.7 Å². The van der Waals surface area contributed by atoms with Crippen molar-refractivity contribution < 1.29 is 9.53 Å². The van der Waals surface area contributed by atoms with E-state index in [0.29, 0.717) is 11.8 Å². The molecule has 0 bridgehead atoms. The highest BCUT2D eigenvalue weighted by Gasteiger charge is 2.32. The summed E-state index contributed by atoms with van der Waals surface area (Å²) in [6.45, 7) is 13.1. The van der Waals surface area contributed by atoms with Crippen LogP contribution in [0, 0.1) is 11.8 Å². The zero-order valence-electron chi connectivity index (χ0n) is 10.1. The molecule has 0 aromatic heterocycles. The minimum atomic E-state index is -0.410. The fraction of sp³-hybridized carbons (Fsp3) is 0.750. The lowest BCUT2D eigenvalue weighted by molar-refractivity contribution is 0.0286.